The van der Waals surface area contributed by atoms with Crippen LogP contribution in [0.1, 0.15) is 36.1 Å². The summed E-state index contributed by atoms with van der Waals surface area (Å²) in [7, 11) is 0. The Bertz CT molecular complexity index is 778. The monoisotopic (exact) mass is 424 g/mol. The van der Waals surface area contributed by atoms with E-state index in [1.165, 1.54) is 12.0 Å². The number of benzene rings is 2. The maximum absolute atomic E-state index is 13.3. The maximum atomic E-state index is 13.3. The molecule has 7 heteroatoms. The molecule has 0 bridgehead atoms. The van der Waals surface area contributed by atoms with E-state index in [9.17, 15) is 14.3 Å². The number of halogens is 3. The lowest BCUT2D eigenvalue weighted by atomic mass is 9.97. The molecule has 0 saturated carbocycles. The van der Waals surface area contributed by atoms with Gasteiger partial charge in [-0.15, -0.1) is 0 Å². The molecule has 2 aromatic rings. The molecule has 1 fully saturated rings. The van der Waals surface area contributed by atoms with E-state index in [2.05, 4.69) is 34.9 Å². The van der Waals surface area contributed by atoms with Gasteiger partial charge in [-0.25, -0.2) is 4.39 Å². The normalized spacial score (nSPS) is 18.8. The molecule has 1 amide bonds. The molecule has 1 heterocycles. The summed E-state index contributed by atoms with van der Waals surface area (Å²) in [4.78, 5) is 10.2. The Balaban J connectivity index is 1.69. The summed E-state index contributed by atoms with van der Waals surface area (Å²) >= 11 is 10.9. The van der Waals surface area contributed by atoms with Gasteiger partial charge in [0.1, 0.15) is 12.8 Å². The standard InChI is InChI=1S/C21H23Cl2FN2O2/c22-20(23)21(28)26-18(12-24)19(27)16-9-5-14(6-10-16)13-3-7-15(8-4-13)17-2-1-11-25-17/h3-10,17-20,25,27H,1-2,11-12H2,(H,26,28)/t17-,18?,19+/m0/s1. The van der Waals surface area contributed by atoms with Gasteiger partial charge in [0, 0.05) is 6.04 Å². The molecule has 0 radical (unpaired) electrons. The summed E-state index contributed by atoms with van der Waals surface area (Å²) < 4.78 is 13.3. The van der Waals surface area contributed by atoms with Gasteiger partial charge in [-0.3, -0.25) is 4.79 Å². The molecule has 2 aromatic carbocycles. The zero-order valence-electron chi connectivity index (χ0n) is 15.2. The quantitative estimate of drug-likeness (QED) is 0.587. The van der Waals surface area contributed by atoms with Crippen molar-refractivity contribution in [2.75, 3.05) is 13.2 Å². The van der Waals surface area contributed by atoms with Gasteiger partial charge >= 0.3 is 0 Å². The topological polar surface area (TPSA) is 61.4 Å². The molecule has 3 rings (SSSR count). The van der Waals surface area contributed by atoms with Crippen LogP contribution < -0.4 is 10.6 Å². The van der Waals surface area contributed by atoms with Crippen LogP contribution in [0.2, 0.25) is 0 Å². The number of carbonyl (C=O) groups is 1. The second kappa shape index (κ2) is 9.70. The van der Waals surface area contributed by atoms with Gasteiger partial charge in [-0.2, -0.15) is 0 Å². The van der Waals surface area contributed by atoms with Gasteiger partial charge in [-0.05, 0) is 41.6 Å². The van der Waals surface area contributed by atoms with Crippen LogP contribution >= 0.6 is 23.2 Å². The molecule has 0 aliphatic carbocycles. The molecule has 1 aliphatic heterocycles. The molecule has 28 heavy (non-hydrogen) atoms. The number of amides is 1. The number of hydrogen-bond donors (Lipinski definition) is 3. The highest BCUT2D eigenvalue weighted by molar-refractivity contribution is 6.53. The van der Waals surface area contributed by atoms with Crippen molar-refractivity contribution in [1.82, 2.24) is 10.6 Å². The zero-order chi connectivity index (χ0) is 20.1. The Morgan fingerprint density at radius 1 is 1.14 bits per heavy atom. The van der Waals surface area contributed by atoms with E-state index in [0.29, 0.717) is 11.6 Å². The number of carbonyl (C=O) groups excluding carboxylic acids is 1. The average Bonchev–Trinajstić information content (AvgIpc) is 3.26. The van der Waals surface area contributed by atoms with Gasteiger partial charge in [0.25, 0.3) is 5.91 Å². The van der Waals surface area contributed by atoms with Gasteiger partial charge in [0.15, 0.2) is 4.84 Å². The third kappa shape index (κ3) is 5.03. The van der Waals surface area contributed by atoms with E-state index in [1.54, 1.807) is 12.1 Å². The summed E-state index contributed by atoms with van der Waals surface area (Å²) in [5, 5.41) is 16.2. The molecule has 4 nitrogen and oxygen atoms in total. The lowest BCUT2D eigenvalue weighted by molar-refractivity contribution is -0.121. The van der Waals surface area contributed by atoms with Crippen LogP contribution in [-0.2, 0) is 4.79 Å². The van der Waals surface area contributed by atoms with E-state index in [-0.39, 0.29) is 0 Å². The number of nitrogens with one attached hydrogen (secondary N) is 2. The van der Waals surface area contributed by atoms with Crippen molar-refractivity contribution in [2.45, 2.75) is 35.9 Å². The van der Waals surface area contributed by atoms with Crippen molar-refractivity contribution in [2.24, 2.45) is 0 Å². The van der Waals surface area contributed by atoms with Crippen LogP contribution in [0.5, 0.6) is 0 Å². The first-order valence-corrected chi connectivity index (χ1v) is 10.1. The summed E-state index contributed by atoms with van der Waals surface area (Å²) in [5.41, 5.74) is 3.83. The molecule has 150 valence electrons. The zero-order valence-corrected chi connectivity index (χ0v) is 16.8. The number of aliphatic hydroxyl groups is 1. The second-order valence-corrected chi connectivity index (χ2v) is 8.00. The fourth-order valence-electron chi connectivity index (χ4n) is 3.43. The number of hydrogen-bond acceptors (Lipinski definition) is 3. The predicted molar refractivity (Wildman–Crippen MR) is 110 cm³/mol. The SMILES string of the molecule is O=C(NC(CF)[C@H](O)c1ccc(-c2ccc([C@@H]3CCCN3)cc2)cc1)C(Cl)Cl. The van der Waals surface area contributed by atoms with E-state index in [1.807, 2.05) is 12.1 Å². The number of rotatable bonds is 7. The largest absolute Gasteiger partial charge is 0.386 e. The lowest BCUT2D eigenvalue weighted by Gasteiger charge is -2.22. The van der Waals surface area contributed by atoms with Crippen molar-refractivity contribution >= 4 is 29.1 Å². The summed E-state index contributed by atoms with van der Waals surface area (Å²) in [6, 6.07) is 14.9. The van der Waals surface area contributed by atoms with E-state index >= 15 is 0 Å². The highest BCUT2D eigenvalue weighted by Crippen LogP contribution is 2.27. The van der Waals surface area contributed by atoms with Crippen molar-refractivity contribution < 1.29 is 14.3 Å². The summed E-state index contributed by atoms with van der Waals surface area (Å²) in [6.07, 6.45) is 1.16. The molecule has 1 aliphatic rings. The third-order valence-corrected chi connectivity index (χ3v) is 5.43. The van der Waals surface area contributed by atoms with Gasteiger partial charge < -0.3 is 15.7 Å². The van der Waals surface area contributed by atoms with Crippen LogP contribution in [0.15, 0.2) is 48.5 Å². The van der Waals surface area contributed by atoms with E-state index < -0.39 is 29.6 Å². The van der Waals surface area contributed by atoms with Crippen molar-refractivity contribution in [3.8, 4) is 11.1 Å². The Morgan fingerprint density at radius 3 is 2.25 bits per heavy atom. The molecule has 3 atom stereocenters. The first-order chi connectivity index (χ1) is 13.5. The molecular formula is C21H23Cl2FN2O2. The number of aliphatic hydroxyl groups excluding tert-OH is 1. The average molecular weight is 425 g/mol. The Hall–Kier alpha value is -1.66. The van der Waals surface area contributed by atoms with Gasteiger partial charge in [0.05, 0.1) is 6.04 Å². The molecule has 3 N–H and O–H groups in total. The fraction of sp³-hybridized carbons (Fsp3) is 0.381. The first-order valence-electron chi connectivity index (χ1n) is 9.26. The Labute approximate surface area is 174 Å². The smallest absolute Gasteiger partial charge is 0.253 e. The summed E-state index contributed by atoms with van der Waals surface area (Å²) in [5.74, 6) is -0.738. The summed E-state index contributed by atoms with van der Waals surface area (Å²) in [6.45, 7) is 0.124. The fourth-order valence-corrected chi connectivity index (χ4v) is 3.56. The van der Waals surface area contributed by atoms with E-state index in [4.69, 9.17) is 23.2 Å². The van der Waals surface area contributed by atoms with Crippen LogP contribution in [0.4, 0.5) is 4.39 Å². The maximum Gasteiger partial charge on any atom is 0.253 e. The van der Waals surface area contributed by atoms with Gasteiger partial charge in [-0.1, -0.05) is 71.7 Å². The van der Waals surface area contributed by atoms with E-state index in [0.717, 1.165) is 24.1 Å². The van der Waals surface area contributed by atoms with Crippen LogP contribution in [0.3, 0.4) is 0 Å². The molecule has 0 spiro atoms. The molecule has 1 unspecified atom stereocenters. The van der Waals surface area contributed by atoms with Crippen molar-refractivity contribution in [3.63, 3.8) is 0 Å². The predicted octanol–water partition coefficient (Wildman–Crippen LogP) is 4.07. The highest BCUT2D eigenvalue weighted by Gasteiger charge is 2.25. The minimum absolute atomic E-state index is 0.431. The highest BCUT2D eigenvalue weighted by atomic mass is 35.5. The third-order valence-electron chi connectivity index (χ3n) is 5.03. The molecular weight excluding hydrogens is 402 g/mol. The molecule has 0 aromatic heterocycles. The minimum Gasteiger partial charge on any atom is -0.386 e. The molecule has 1 saturated heterocycles. The number of alkyl halides is 3. The Morgan fingerprint density at radius 2 is 1.75 bits per heavy atom. The second-order valence-electron chi connectivity index (χ2n) is 6.91. The van der Waals surface area contributed by atoms with Crippen LogP contribution in [-0.4, -0.2) is 35.1 Å². The van der Waals surface area contributed by atoms with Gasteiger partial charge in [0.2, 0.25) is 0 Å². The first kappa shape index (κ1) is 21.1. The van der Waals surface area contributed by atoms with Crippen molar-refractivity contribution in [1.29, 1.82) is 0 Å². The van der Waals surface area contributed by atoms with Crippen LogP contribution in [0, 0.1) is 0 Å². The van der Waals surface area contributed by atoms with Crippen LogP contribution in [0.25, 0.3) is 11.1 Å². The lowest BCUT2D eigenvalue weighted by Crippen LogP contribution is -2.43. The van der Waals surface area contributed by atoms with Crippen molar-refractivity contribution in [3.05, 3.63) is 59.7 Å². The minimum atomic E-state index is -1.31. The Kier molecular flexibility index (Phi) is 7.30.